The van der Waals surface area contributed by atoms with Gasteiger partial charge in [-0.1, -0.05) is 18.2 Å². The molecule has 1 aliphatic rings. The molecule has 0 radical (unpaired) electrons. The maximum absolute atomic E-state index is 11.7. The van der Waals surface area contributed by atoms with E-state index in [0.29, 0.717) is 13.1 Å². The molecule has 2 heterocycles. The summed E-state index contributed by atoms with van der Waals surface area (Å²) in [6.45, 7) is 2.85. The molecule has 1 unspecified atom stereocenters. The van der Waals surface area contributed by atoms with Crippen molar-refractivity contribution in [1.82, 2.24) is 4.98 Å². The molecule has 1 aliphatic heterocycles. The fourth-order valence-electron chi connectivity index (χ4n) is 2.89. The average molecular weight is 305 g/mol. The maximum atomic E-state index is 11.7. The Morgan fingerprint density at radius 3 is 2.86 bits per heavy atom. The molecule has 0 aliphatic carbocycles. The molecule has 0 spiro atoms. The van der Waals surface area contributed by atoms with Crippen LogP contribution in [0.2, 0.25) is 0 Å². The Balaban J connectivity index is 2.05. The number of fused-ring (bicyclic) bond motifs is 1. The van der Waals surface area contributed by atoms with Crippen LogP contribution in [0.3, 0.4) is 0 Å². The van der Waals surface area contributed by atoms with E-state index in [-0.39, 0.29) is 17.5 Å². The summed E-state index contributed by atoms with van der Waals surface area (Å²) < 4.78 is 23.4. The number of anilines is 1. The first kappa shape index (κ1) is 14.3. The molecule has 2 N–H and O–H groups in total. The topological polar surface area (TPSA) is 76.3 Å². The summed E-state index contributed by atoms with van der Waals surface area (Å²) >= 11 is 0. The lowest BCUT2D eigenvalue weighted by molar-refractivity contribution is 0.567. The van der Waals surface area contributed by atoms with Crippen molar-refractivity contribution in [2.75, 3.05) is 23.0 Å². The molecule has 0 saturated carbocycles. The lowest BCUT2D eigenvalue weighted by Crippen LogP contribution is -2.47. The lowest BCUT2D eigenvalue weighted by Gasteiger charge is -2.34. The smallest absolute Gasteiger partial charge is 0.154 e. The minimum Gasteiger partial charge on any atom is -0.352 e. The first-order valence-electron chi connectivity index (χ1n) is 7.06. The van der Waals surface area contributed by atoms with Crippen LogP contribution < -0.4 is 10.6 Å². The number of hydrogen-bond donors (Lipinski definition) is 1. The predicted molar refractivity (Wildman–Crippen MR) is 85.1 cm³/mol. The van der Waals surface area contributed by atoms with Crippen molar-refractivity contribution in [3.05, 3.63) is 35.9 Å². The van der Waals surface area contributed by atoms with Crippen LogP contribution in [0.1, 0.15) is 12.5 Å². The Labute approximate surface area is 124 Å². The van der Waals surface area contributed by atoms with Crippen molar-refractivity contribution >= 4 is 26.6 Å². The average Bonchev–Trinajstić information content (AvgIpc) is 2.45. The van der Waals surface area contributed by atoms with Crippen molar-refractivity contribution in [1.29, 1.82) is 0 Å². The monoisotopic (exact) mass is 305 g/mol. The van der Waals surface area contributed by atoms with Gasteiger partial charge in [0.2, 0.25) is 0 Å². The van der Waals surface area contributed by atoms with Gasteiger partial charge < -0.3 is 10.6 Å². The molecular formula is C15H19N3O2S. The Morgan fingerprint density at radius 1 is 1.38 bits per heavy atom. The van der Waals surface area contributed by atoms with Crippen molar-refractivity contribution < 1.29 is 8.42 Å². The number of nitrogens with two attached hydrogens (primary N) is 1. The van der Waals surface area contributed by atoms with Gasteiger partial charge in [0.05, 0.1) is 17.0 Å². The van der Waals surface area contributed by atoms with Crippen molar-refractivity contribution in [2.45, 2.75) is 19.5 Å². The van der Waals surface area contributed by atoms with E-state index >= 15 is 0 Å². The number of aromatic nitrogens is 1. The molecule has 21 heavy (non-hydrogen) atoms. The highest BCUT2D eigenvalue weighted by Crippen LogP contribution is 2.25. The summed E-state index contributed by atoms with van der Waals surface area (Å²) in [5, 5.41) is 1.06. The standard InChI is InChI=1S/C15H19N3O2S/c1-11-10-21(19,20)7-6-18(11)15-8-12(9-16)13-4-2-3-5-14(13)17-15/h2-5,8,11H,6-7,9-10,16H2,1H3. The van der Waals surface area contributed by atoms with Crippen LogP contribution in [0.15, 0.2) is 30.3 Å². The zero-order valence-electron chi connectivity index (χ0n) is 12.0. The van der Waals surface area contributed by atoms with E-state index in [2.05, 4.69) is 9.88 Å². The highest BCUT2D eigenvalue weighted by Gasteiger charge is 2.29. The SMILES string of the molecule is CC1CS(=O)(=O)CCN1c1cc(CN)c2ccccc2n1. The zero-order chi connectivity index (χ0) is 15.0. The van der Waals surface area contributed by atoms with Crippen LogP contribution in [0.4, 0.5) is 5.82 Å². The molecule has 1 fully saturated rings. The highest BCUT2D eigenvalue weighted by molar-refractivity contribution is 7.91. The highest BCUT2D eigenvalue weighted by atomic mass is 32.2. The second-order valence-corrected chi connectivity index (χ2v) is 7.75. The molecule has 1 aromatic carbocycles. The number of para-hydroxylation sites is 1. The fourth-order valence-corrected chi connectivity index (χ4v) is 4.44. The van der Waals surface area contributed by atoms with Gasteiger partial charge in [0.15, 0.2) is 9.84 Å². The van der Waals surface area contributed by atoms with Crippen LogP contribution in [0.5, 0.6) is 0 Å². The first-order chi connectivity index (χ1) is 10.00. The summed E-state index contributed by atoms with van der Waals surface area (Å²) in [6, 6.07) is 9.81. The molecule has 2 aromatic rings. The number of nitrogens with zero attached hydrogens (tertiary/aromatic N) is 2. The van der Waals surface area contributed by atoms with E-state index in [9.17, 15) is 8.42 Å². The number of hydrogen-bond acceptors (Lipinski definition) is 5. The second-order valence-electron chi connectivity index (χ2n) is 5.52. The van der Waals surface area contributed by atoms with Crippen LogP contribution in [0.25, 0.3) is 10.9 Å². The third-order valence-corrected chi connectivity index (χ3v) is 5.77. The molecule has 0 amide bonds. The van der Waals surface area contributed by atoms with Gasteiger partial charge in [0.1, 0.15) is 5.82 Å². The number of sulfone groups is 1. The van der Waals surface area contributed by atoms with E-state index in [4.69, 9.17) is 5.73 Å². The van der Waals surface area contributed by atoms with Crippen molar-refractivity contribution in [3.63, 3.8) is 0 Å². The van der Waals surface area contributed by atoms with Gasteiger partial charge in [-0.2, -0.15) is 0 Å². The van der Waals surface area contributed by atoms with Gasteiger partial charge in [0, 0.05) is 24.5 Å². The van der Waals surface area contributed by atoms with Crippen LogP contribution in [-0.2, 0) is 16.4 Å². The summed E-state index contributed by atoms with van der Waals surface area (Å²) in [4.78, 5) is 6.74. The van der Waals surface area contributed by atoms with E-state index < -0.39 is 9.84 Å². The van der Waals surface area contributed by atoms with E-state index in [1.54, 1.807) is 0 Å². The van der Waals surface area contributed by atoms with E-state index in [1.165, 1.54) is 0 Å². The van der Waals surface area contributed by atoms with Crippen LogP contribution in [0, 0.1) is 0 Å². The molecule has 5 nitrogen and oxygen atoms in total. The fraction of sp³-hybridized carbons (Fsp3) is 0.400. The van der Waals surface area contributed by atoms with Crippen LogP contribution in [-0.4, -0.2) is 37.5 Å². The normalized spacial score (nSPS) is 21.6. The summed E-state index contributed by atoms with van der Waals surface area (Å²) in [6.07, 6.45) is 0. The third-order valence-electron chi connectivity index (χ3n) is 3.97. The number of pyridine rings is 1. The maximum Gasteiger partial charge on any atom is 0.154 e. The van der Waals surface area contributed by atoms with Gasteiger partial charge in [-0.25, -0.2) is 13.4 Å². The Hall–Kier alpha value is -1.66. The van der Waals surface area contributed by atoms with Gasteiger partial charge in [-0.15, -0.1) is 0 Å². The summed E-state index contributed by atoms with van der Waals surface area (Å²) in [5.74, 6) is 1.18. The molecule has 3 rings (SSSR count). The lowest BCUT2D eigenvalue weighted by atomic mass is 10.1. The molecule has 1 atom stereocenters. The van der Waals surface area contributed by atoms with Gasteiger partial charge in [-0.3, -0.25) is 0 Å². The van der Waals surface area contributed by atoms with Crippen molar-refractivity contribution in [3.8, 4) is 0 Å². The molecule has 1 saturated heterocycles. The van der Waals surface area contributed by atoms with Gasteiger partial charge in [0.25, 0.3) is 0 Å². The number of benzene rings is 1. The summed E-state index contributed by atoms with van der Waals surface area (Å²) in [5.41, 5.74) is 7.79. The Morgan fingerprint density at radius 2 is 2.14 bits per heavy atom. The molecular weight excluding hydrogens is 286 g/mol. The van der Waals surface area contributed by atoms with E-state index in [1.807, 2.05) is 37.3 Å². The van der Waals surface area contributed by atoms with Crippen LogP contribution >= 0.6 is 0 Å². The molecule has 112 valence electrons. The first-order valence-corrected chi connectivity index (χ1v) is 8.88. The molecule has 1 aromatic heterocycles. The zero-order valence-corrected chi connectivity index (χ0v) is 12.8. The van der Waals surface area contributed by atoms with Gasteiger partial charge >= 0.3 is 0 Å². The minimum absolute atomic E-state index is 0.0666. The quantitative estimate of drug-likeness (QED) is 0.905. The van der Waals surface area contributed by atoms with E-state index in [0.717, 1.165) is 22.3 Å². The van der Waals surface area contributed by atoms with Gasteiger partial charge in [-0.05, 0) is 24.6 Å². The second kappa shape index (κ2) is 5.27. The molecule has 6 heteroatoms. The Kier molecular flexibility index (Phi) is 3.59. The summed E-state index contributed by atoms with van der Waals surface area (Å²) in [7, 11) is -2.93. The largest absolute Gasteiger partial charge is 0.352 e. The predicted octanol–water partition coefficient (Wildman–Crippen LogP) is 1.32. The molecule has 0 bridgehead atoms. The Bertz CT molecular complexity index is 774. The third kappa shape index (κ3) is 2.73. The number of rotatable bonds is 2. The minimum atomic E-state index is -2.93. The van der Waals surface area contributed by atoms with Crippen molar-refractivity contribution in [2.24, 2.45) is 5.73 Å².